The van der Waals surface area contributed by atoms with Crippen LogP contribution in [0.25, 0.3) is 0 Å². The van der Waals surface area contributed by atoms with Gasteiger partial charge in [-0.05, 0) is 89.9 Å². The van der Waals surface area contributed by atoms with E-state index in [0.29, 0.717) is 25.7 Å². The Morgan fingerprint density at radius 2 is 0.904 bits per heavy atom. The summed E-state index contributed by atoms with van der Waals surface area (Å²) in [5, 5.41) is 0. The van der Waals surface area contributed by atoms with Gasteiger partial charge >= 0.3 is 19.8 Å². The van der Waals surface area contributed by atoms with Crippen molar-refractivity contribution in [2.45, 2.75) is 136 Å². The SMILES string of the molecule is CC/C=C\C/C=C\C/C=C\C/C=C\C/C=C\CCCC(=O)O[C@H](COC(=O)CCC/C=C\C/C=C\C/C=C\C/C=C\CCCCC)COP(=O)(O)O. The molecule has 0 heterocycles. The molecule has 9 heteroatoms. The van der Waals surface area contributed by atoms with Gasteiger partial charge in [-0.25, -0.2) is 4.57 Å². The molecule has 0 aliphatic rings. The fraction of sp³-hybridized carbons (Fsp3) is 0.535. The summed E-state index contributed by atoms with van der Waals surface area (Å²) in [4.78, 5) is 42.7. The summed E-state index contributed by atoms with van der Waals surface area (Å²) in [6, 6.07) is 0. The highest BCUT2D eigenvalue weighted by Gasteiger charge is 2.22. The summed E-state index contributed by atoms with van der Waals surface area (Å²) in [6.07, 6.45) is 52.5. The molecule has 0 rings (SSSR count). The van der Waals surface area contributed by atoms with Gasteiger partial charge in [0.05, 0.1) is 6.61 Å². The van der Waals surface area contributed by atoms with Crippen molar-refractivity contribution in [1.29, 1.82) is 0 Å². The van der Waals surface area contributed by atoms with Crippen molar-refractivity contribution >= 4 is 19.8 Å². The van der Waals surface area contributed by atoms with Gasteiger partial charge in [0, 0.05) is 12.8 Å². The van der Waals surface area contributed by atoms with Crippen molar-refractivity contribution in [3.8, 4) is 0 Å². The van der Waals surface area contributed by atoms with E-state index in [-0.39, 0.29) is 19.4 Å². The molecule has 0 aromatic rings. The molecule has 0 fully saturated rings. The second-order valence-corrected chi connectivity index (χ2v) is 13.4. The van der Waals surface area contributed by atoms with Crippen LogP contribution in [0.2, 0.25) is 0 Å². The lowest BCUT2D eigenvalue weighted by Gasteiger charge is -2.18. The molecule has 1 atom stereocenters. The van der Waals surface area contributed by atoms with Gasteiger partial charge in [-0.1, -0.05) is 136 Å². The van der Waals surface area contributed by atoms with Gasteiger partial charge in [-0.3, -0.25) is 14.1 Å². The molecular weight excluding hydrogens is 675 g/mol. The molecule has 0 radical (unpaired) electrons. The largest absolute Gasteiger partial charge is 0.469 e. The van der Waals surface area contributed by atoms with Gasteiger partial charge in [0.1, 0.15) is 6.61 Å². The van der Waals surface area contributed by atoms with Crippen molar-refractivity contribution in [3.63, 3.8) is 0 Å². The quantitative estimate of drug-likeness (QED) is 0.0295. The molecule has 0 aliphatic carbocycles. The van der Waals surface area contributed by atoms with E-state index < -0.39 is 32.5 Å². The monoisotopic (exact) mass is 742 g/mol. The van der Waals surface area contributed by atoms with Crippen LogP contribution in [0.4, 0.5) is 0 Å². The van der Waals surface area contributed by atoms with Crippen LogP contribution < -0.4 is 0 Å². The Labute approximate surface area is 315 Å². The van der Waals surface area contributed by atoms with E-state index in [1.165, 1.54) is 19.3 Å². The summed E-state index contributed by atoms with van der Waals surface area (Å²) in [5.41, 5.74) is 0. The van der Waals surface area contributed by atoms with Crippen LogP contribution >= 0.6 is 7.82 Å². The number of esters is 2. The molecule has 0 aromatic heterocycles. The Hall–Kier alpha value is -3.29. The molecule has 292 valence electrons. The Balaban J connectivity index is 4.20. The van der Waals surface area contributed by atoms with Gasteiger partial charge in [0.15, 0.2) is 6.10 Å². The van der Waals surface area contributed by atoms with Crippen LogP contribution in [-0.2, 0) is 28.2 Å². The first-order valence-corrected chi connectivity index (χ1v) is 20.7. The summed E-state index contributed by atoms with van der Waals surface area (Å²) in [5.74, 6) is -1.03. The maximum atomic E-state index is 12.3. The molecule has 0 saturated heterocycles. The fourth-order valence-corrected chi connectivity index (χ4v) is 4.82. The number of rotatable bonds is 33. The van der Waals surface area contributed by atoms with Gasteiger partial charge in [0.2, 0.25) is 0 Å². The molecule has 8 nitrogen and oxygen atoms in total. The summed E-state index contributed by atoms with van der Waals surface area (Å²) >= 11 is 0. The molecule has 0 aliphatic heterocycles. The van der Waals surface area contributed by atoms with E-state index in [4.69, 9.17) is 19.3 Å². The van der Waals surface area contributed by atoms with E-state index >= 15 is 0 Å². The highest BCUT2D eigenvalue weighted by molar-refractivity contribution is 7.46. The number of allylic oxidation sites excluding steroid dienone is 18. The average molecular weight is 743 g/mol. The number of unbranched alkanes of at least 4 members (excludes halogenated alkanes) is 5. The lowest BCUT2D eigenvalue weighted by atomic mass is 10.2. The molecule has 0 amide bonds. The number of carbonyl (C=O) groups is 2. The Bertz CT molecular complexity index is 1200. The Morgan fingerprint density at radius 3 is 1.31 bits per heavy atom. The predicted octanol–water partition coefficient (Wildman–Crippen LogP) is 11.6. The van der Waals surface area contributed by atoms with Gasteiger partial charge in [-0.2, -0.15) is 0 Å². The number of hydrogen-bond acceptors (Lipinski definition) is 6. The second kappa shape index (κ2) is 37.5. The van der Waals surface area contributed by atoms with Crippen LogP contribution in [-0.4, -0.2) is 41.0 Å². The minimum Gasteiger partial charge on any atom is -0.462 e. The first-order chi connectivity index (χ1) is 25.3. The van der Waals surface area contributed by atoms with E-state index in [1.54, 1.807) is 0 Å². The average Bonchev–Trinajstić information content (AvgIpc) is 3.11. The minimum atomic E-state index is -4.79. The molecule has 0 aromatic carbocycles. The molecule has 52 heavy (non-hydrogen) atoms. The highest BCUT2D eigenvalue weighted by Crippen LogP contribution is 2.35. The van der Waals surface area contributed by atoms with E-state index in [9.17, 15) is 14.2 Å². The predicted molar refractivity (Wildman–Crippen MR) is 216 cm³/mol. The normalized spacial score (nSPS) is 13.7. The number of carbonyl (C=O) groups excluding carboxylic acids is 2. The summed E-state index contributed by atoms with van der Waals surface area (Å²) in [7, 11) is -4.79. The smallest absolute Gasteiger partial charge is 0.462 e. The van der Waals surface area contributed by atoms with Crippen molar-refractivity contribution < 1.29 is 37.9 Å². The van der Waals surface area contributed by atoms with Crippen LogP contribution in [0.15, 0.2) is 109 Å². The molecule has 0 saturated carbocycles. The van der Waals surface area contributed by atoms with E-state index in [1.807, 2.05) is 18.2 Å². The standard InChI is InChI=1S/C43H67O8P/c1-3-5-7-9-11-13-15-17-19-21-23-25-27-29-31-33-35-37-42(44)49-39-41(40-50-52(46,47)48)51-43(45)38-36-34-32-30-28-26-24-22-20-18-16-14-12-10-8-6-4-2/h6,8,11-14,17-20,23-26,29-32,41H,3-5,7,9-10,15-16,21-22,27-28,33-40H2,1-2H3,(H2,46,47,48)/b8-6-,13-11-,14-12-,19-17-,20-18-,25-23-,26-24-,31-29-,32-30-/t41-/m1/s1. The first kappa shape index (κ1) is 48.7. The zero-order chi connectivity index (χ0) is 38.2. The molecule has 2 N–H and O–H groups in total. The van der Waals surface area contributed by atoms with Crippen molar-refractivity contribution in [2.75, 3.05) is 13.2 Å². The highest BCUT2D eigenvalue weighted by atomic mass is 31.2. The van der Waals surface area contributed by atoms with Gasteiger partial charge < -0.3 is 19.3 Å². The third kappa shape index (κ3) is 39.5. The topological polar surface area (TPSA) is 119 Å². The lowest BCUT2D eigenvalue weighted by molar-refractivity contribution is -0.161. The Kier molecular flexibility index (Phi) is 35.1. The summed E-state index contributed by atoms with van der Waals surface area (Å²) in [6.45, 7) is 3.42. The van der Waals surface area contributed by atoms with Crippen LogP contribution in [0.5, 0.6) is 0 Å². The van der Waals surface area contributed by atoms with E-state index in [2.05, 4.69) is 110 Å². The third-order valence-corrected chi connectivity index (χ3v) is 7.76. The van der Waals surface area contributed by atoms with Crippen molar-refractivity contribution in [3.05, 3.63) is 109 Å². The van der Waals surface area contributed by atoms with E-state index in [0.717, 1.165) is 57.8 Å². The maximum Gasteiger partial charge on any atom is 0.469 e. The fourth-order valence-electron chi connectivity index (χ4n) is 4.46. The zero-order valence-corrected chi connectivity index (χ0v) is 32.8. The third-order valence-electron chi connectivity index (χ3n) is 7.28. The van der Waals surface area contributed by atoms with Gasteiger partial charge in [-0.15, -0.1) is 0 Å². The maximum absolute atomic E-state index is 12.3. The van der Waals surface area contributed by atoms with Crippen molar-refractivity contribution in [2.24, 2.45) is 0 Å². The molecule has 0 spiro atoms. The molecule has 0 unspecified atom stereocenters. The number of ether oxygens (including phenoxy) is 2. The first-order valence-electron chi connectivity index (χ1n) is 19.2. The molecular formula is C43H67O8P. The minimum absolute atomic E-state index is 0.115. The van der Waals surface area contributed by atoms with Crippen molar-refractivity contribution in [1.82, 2.24) is 0 Å². The second-order valence-electron chi connectivity index (χ2n) is 12.2. The number of hydrogen-bond donors (Lipinski definition) is 2. The number of phosphoric ester groups is 1. The lowest BCUT2D eigenvalue weighted by Crippen LogP contribution is -2.29. The van der Waals surface area contributed by atoms with Crippen LogP contribution in [0.3, 0.4) is 0 Å². The summed E-state index contributed by atoms with van der Waals surface area (Å²) < 4.78 is 26.2. The molecule has 0 bridgehead atoms. The Morgan fingerprint density at radius 1 is 0.519 bits per heavy atom. The van der Waals surface area contributed by atoms with Crippen LogP contribution in [0.1, 0.15) is 129 Å². The zero-order valence-electron chi connectivity index (χ0n) is 31.9. The van der Waals surface area contributed by atoms with Gasteiger partial charge in [0.25, 0.3) is 0 Å². The number of phosphoric acid groups is 1. The van der Waals surface area contributed by atoms with Crippen LogP contribution in [0, 0.1) is 0 Å².